The minimum absolute atomic E-state index is 0.505. The molecule has 0 saturated carbocycles. The van der Waals surface area contributed by atoms with E-state index in [1.807, 2.05) is 0 Å². The maximum atomic E-state index is 2.71. The molecule has 0 aromatic heterocycles. The van der Waals surface area contributed by atoms with Crippen LogP contribution in [0.5, 0.6) is 0 Å². The zero-order chi connectivity index (χ0) is 9.80. The normalized spacial score (nSPS) is 30.6. The summed E-state index contributed by atoms with van der Waals surface area (Å²) in [7, 11) is 0. The van der Waals surface area contributed by atoms with E-state index in [4.69, 9.17) is 0 Å². The van der Waals surface area contributed by atoms with Crippen LogP contribution in [0, 0.1) is 5.92 Å². The molecule has 0 aliphatic carbocycles. The topological polar surface area (TPSA) is 3.24 Å². The number of alkyl halides is 1. The van der Waals surface area contributed by atoms with E-state index in [9.17, 15) is 0 Å². The molecule has 0 aromatic rings. The minimum atomic E-state index is -0.505. The predicted molar refractivity (Wildman–Crippen MR) is 82.9 cm³/mol. The fourth-order valence-corrected chi connectivity index (χ4v) is 14.4. The molecule has 0 radical (unpaired) electrons. The van der Waals surface area contributed by atoms with Crippen LogP contribution in [0.2, 0.25) is 0 Å². The Bertz CT molecular complexity index is 225. The zero-order valence-electron chi connectivity index (χ0n) is 8.76. The molecule has 0 amide bonds. The van der Waals surface area contributed by atoms with Gasteiger partial charge in [0, 0.05) is 0 Å². The summed E-state index contributed by atoms with van der Waals surface area (Å²) in [5, 5.41) is 0. The zero-order valence-corrected chi connectivity index (χ0v) is 13.1. The van der Waals surface area contributed by atoms with Crippen LogP contribution in [-0.2, 0) is 0 Å². The van der Waals surface area contributed by atoms with Crippen molar-refractivity contribution in [1.82, 2.24) is 4.90 Å². The van der Waals surface area contributed by atoms with Crippen molar-refractivity contribution < 1.29 is 0 Å². The number of hydrogen-bond donors (Lipinski definition) is 0. The van der Waals surface area contributed by atoms with Gasteiger partial charge in [-0.1, -0.05) is 0 Å². The third kappa shape index (κ3) is 3.56. The Morgan fingerprint density at radius 1 is 1.57 bits per heavy atom. The van der Waals surface area contributed by atoms with Crippen molar-refractivity contribution in [2.24, 2.45) is 5.92 Å². The van der Waals surface area contributed by atoms with Gasteiger partial charge in [-0.3, -0.25) is 0 Å². The number of allylic oxidation sites excluding steroid dienone is 1. The Hall–Kier alpha value is 1.03. The van der Waals surface area contributed by atoms with Crippen molar-refractivity contribution in [2.45, 2.75) is 19.8 Å². The Kier molecular flexibility index (Phi) is 4.88. The van der Waals surface area contributed by atoms with Gasteiger partial charge in [-0.25, -0.2) is 0 Å². The monoisotopic (exact) mass is 419 g/mol. The molecule has 1 saturated heterocycles. The number of nitrogens with zero attached hydrogens (tertiary/aromatic N) is 1. The fourth-order valence-electron chi connectivity index (χ4n) is 2.02. The average Bonchev–Trinajstić information content (AvgIpc) is 2.67. The quantitative estimate of drug-likeness (QED) is 0.501. The van der Waals surface area contributed by atoms with E-state index in [0.717, 1.165) is 5.92 Å². The summed E-state index contributed by atoms with van der Waals surface area (Å²) in [4.78, 5) is 2.71. The van der Waals surface area contributed by atoms with Gasteiger partial charge in [0.25, 0.3) is 0 Å². The van der Waals surface area contributed by atoms with E-state index in [0.29, 0.717) is 16.8 Å². The molecule has 0 unspecified atom stereocenters. The van der Waals surface area contributed by atoms with Crippen LogP contribution in [0.25, 0.3) is 0 Å². The van der Waals surface area contributed by atoms with Gasteiger partial charge in [0.05, 0.1) is 0 Å². The van der Waals surface area contributed by atoms with Gasteiger partial charge in [-0.15, -0.1) is 0 Å². The molecule has 3 heteroatoms. The molecular formula is C11H19I2N. The van der Waals surface area contributed by atoms with Gasteiger partial charge in [0.2, 0.25) is 0 Å². The molecule has 2 aliphatic rings. The summed E-state index contributed by atoms with van der Waals surface area (Å²) >= 11 is 0.0247. The van der Waals surface area contributed by atoms with Crippen LogP contribution in [0.3, 0.4) is 0 Å². The summed E-state index contributed by atoms with van der Waals surface area (Å²) in [6, 6.07) is 0. The SMILES string of the molecule is C[C@@H]1CCCN(CCI2C=CC=I2)C1. The summed E-state index contributed by atoms with van der Waals surface area (Å²) in [6.45, 7) is 6.56. The summed E-state index contributed by atoms with van der Waals surface area (Å²) < 4.78 is 6.62. The van der Waals surface area contributed by atoms with Crippen LogP contribution in [-0.4, -0.2) is 33.0 Å². The first-order chi connectivity index (χ1) is 6.84. The van der Waals surface area contributed by atoms with E-state index >= 15 is 0 Å². The van der Waals surface area contributed by atoms with Crippen LogP contribution in [0.15, 0.2) is 10.2 Å². The Morgan fingerprint density at radius 2 is 2.50 bits per heavy atom. The van der Waals surface area contributed by atoms with Gasteiger partial charge in [0.1, 0.15) is 0 Å². The molecule has 1 fully saturated rings. The molecule has 0 bridgehead atoms. The van der Waals surface area contributed by atoms with Gasteiger partial charge < -0.3 is 0 Å². The van der Waals surface area contributed by atoms with Crippen LogP contribution in [0.4, 0.5) is 0 Å². The molecule has 0 N–H and O–H groups in total. The summed E-state index contributed by atoms with van der Waals surface area (Å²) in [5.74, 6) is 0.952. The molecular weight excluding hydrogens is 400 g/mol. The molecule has 2 aliphatic heterocycles. The van der Waals surface area contributed by atoms with E-state index in [-0.39, 0.29) is 0 Å². The van der Waals surface area contributed by atoms with Crippen LogP contribution in [0.1, 0.15) is 19.8 Å². The van der Waals surface area contributed by atoms with E-state index < -0.39 is 15.8 Å². The molecule has 2 rings (SSSR count). The first-order valence-corrected chi connectivity index (χ1v) is 15.7. The second-order valence-corrected chi connectivity index (χ2v) is 19.2. The van der Waals surface area contributed by atoms with Crippen molar-refractivity contribution in [3.05, 3.63) is 10.2 Å². The van der Waals surface area contributed by atoms with Crippen molar-refractivity contribution >= 4 is 36.6 Å². The molecule has 1 atom stereocenters. The van der Waals surface area contributed by atoms with Gasteiger partial charge in [-0.2, -0.15) is 0 Å². The number of piperidine rings is 1. The van der Waals surface area contributed by atoms with Crippen molar-refractivity contribution in [2.75, 3.05) is 24.1 Å². The van der Waals surface area contributed by atoms with Crippen molar-refractivity contribution in [1.29, 1.82) is 0 Å². The second-order valence-electron chi connectivity index (χ2n) is 4.10. The first-order valence-electron chi connectivity index (χ1n) is 5.36. The molecule has 1 nitrogen and oxygen atoms in total. The average molecular weight is 419 g/mol. The number of halogens is 2. The van der Waals surface area contributed by atoms with Crippen LogP contribution < -0.4 is 0 Å². The van der Waals surface area contributed by atoms with Crippen LogP contribution >= 0.6 is 32.6 Å². The maximum absolute atomic E-state index is 2.71. The molecule has 0 aromatic carbocycles. The molecule has 14 heavy (non-hydrogen) atoms. The molecule has 2 heterocycles. The fraction of sp³-hybridized carbons (Fsp3) is 0.727. The van der Waals surface area contributed by atoms with E-state index in [1.165, 1.54) is 32.5 Å². The standard InChI is InChI=1S/C11H19I2N/c1-11-4-2-8-14(10-11)9-7-13-6-3-5-12-13/h3,5-6,11H,2,4,7-10H2,1H3/t11-/m1/s1. The Balaban J connectivity index is 1.69. The van der Waals surface area contributed by atoms with Gasteiger partial charge in [0.15, 0.2) is 0 Å². The second kappa shape index (κ2) is 5.94. The predicted octanol–water partition coefficient (Wildman–Crippen LogP) is 3.44. The number of likely N-dealkylation sites (tertiary alicyclic amines) is 1. The molecule has 82 valence electrons. The number of rotatable bonds is 3. The summed E-state index contributed by atoms with van der Waals surface area (Å²) in [6.07, 6.45) is 5.24. The van der Waals surface area contributed by atoms with Crippen molar-refractivity contribution in [3.8, 4) is 0 Å². The van der Waals surface area contributed by atoms with E-state index in [2.05, 4.69) is 26.0 Å². The van der Waals surface area contributed by atoms with Gasteiger partial charge in [-0.05, 0) is 0 Å². The van der Waals surface area contributed by atoms with Gasteiger partial charge >= 0.3 is 101 Å². The Morgan fingerprint density at radius 3 is 3.21 bits per heavy atom. The third-order valence-electron chi connectivity index (χ3n) is 2.76. The summed E-state index contributed by atoms with van der Waals surface area (Å²) in [5.41, 5.74) is 0. The van der Waals surface area contributed by atoms with Crippen molar-refractivity contribution in [3.63, 3.8) is 0 Å². The Labute approximate surface area is 100 Å². The molecule has 0 spiro atoms. The third-order valence-corrected chi connectivity index (χ3v) is 17.2. The van der Waals surface area contributed by atoms with E-state index in [1.54, 1.807) is 4.43 Å². The first kappa shape index (κ1) is 11.5. The number of hydrogen-bond acceptors (Lipinski definition) is 1.